The molecule has 0 spiro atoms. The van der Waals surface area contributed by atoms with Gasteiger partial charge >= 0.3 is 5.97 Å². The van der Waals surface area contributed by atoms with Crippen LogP contribution >= 0.6 is 0 Å². The van der Waals surface area contributed by atoms with Crippen molar-refractivity contribution in [1.29, 1.82) is 0 Å². The molecule has 1 fully saturated rings. The van der Waals surface area contributed by atoms with Gasteiger partial charge in [0.2, 0.25) is 11.8 Å². The number of aliphatic carboxylic acids is 1. The van der Waals surface area contributed by atoms with Crippen molar-refractivity contribution in [2.24, 2.45) is 5.41 Å². The van der Waals surface area contributed by atoms with Gasteiger partial charge in [0.05, 0.1) is 5.41 Å². The molecule has 0 unspecified atom stereocenters. The molecule has 0 atom stereocenters. The zero-order valence-corrected chi connectivity index (χ0v) is 9.91. The van der Waals surface area contributed by atoms with Gasteiger partial charge in [-0.1, -0.05) is 6.42 Å². The summed E-state index contributed by atoms with van der Waals surface area (Å²) >= 11 is 0. The molecule has 1 aliphatic rings. The highest BCUT2D eigenvalue weighted by Gasteiger charge is 2.44. The van der Waals surface area contributed by atoms with E-state index < -0.39 is 11.4 Å². The lowest BCUT2D eigenvalue weighted by Crippen LogP contribution is -2.47. The minimum absolute atomic E-state index is 0.176. The quantitative estimate of drug-likeness (QED) is 0.605. The van der Waals surface area contributed by atoms with E-state index in [1.807, 2.05) is 0 Å². The van der Waals surface area contributed by atoms with Crippen LogP contribution in [-0.2, 0) is 14.4 Å². The Morgan fingerprint density at radius 1 is 1.24 bits per heavy atom. The van der Waals surface area contributed by atoms with E-state index in [2.05, 4.69) is 10.6 Å². The van der Waals surface area contributed by atoms with E-state index in [1.165, 1.54) is 6.92 Å². The summed E-state index contributed by atoms with van der Waals surface area (Å²) in [5.41, 5.74) is -0.760. The second-order valence-electron chi connectivity index (χ2n) is 4.45. The number of hydrogen-bond acceptors (Lipinski definition) is 3. The first kappa shape index (κ1) is 13.5. The lowest BCUT2D eigenvalue weighted by Gasteiger charge is -2.37. The molecule has 0 aliphatic heterocycles. The van der Waals surface area contributed by atoms with Crippen LogP contribution in [0.3, 0.4) is 0 Å². The molecule has 0 aromatic rings. The highest BCUT2D eigenvalue weighted by molar-refractivity contribution is 5.80. The Hall–Kier alpha value is -1.59. The van der Waals surface area contributed by atoms with Crippen LogP contribution in [0.4, 0.5) is 0 Å². The van der Waals surface area contributed by atoms with Crippen LogP contribution in [0.25, 0.3) is 0 Å². The number of amides is 2. The molecule has 0 radical (unpaired) electrons. The summed E-state index contributed by atoms with van der Waals surface area (Å²) in [6.45, 7) is 1.84. The van der Waals surface area contributed by atoms with E-state index in [1.54, 1.807) is 0 Å². The highest BCUT2D eigenvalue weighted by atomic mass is 16.4. The second-order valence-corrected chi connectivity index (χ2v) is 4.45. The van der Waals surface area contributed by atoms with E-state index in [0.717, 1.165) is 6.42 Å². The summed E-state index contributed by atoms with van der Waals surface area (Å²) in [7, 11) is 0. The van der Waals surface area contributed by atoms with Gasteiger partial charge in [0.1, 0.15) is 0 Å². The van der Waals surface area contributed by atoms with Gasteiger partial charge in [-0.25, -0.2) is 0 Å². The Kier molecular flexibility index (Phi) is 4.48. The molecule has 2 amide bonds. The predicted molar refractivity (Wildman–Crippen MR) is 60.2 cm³/mol. The summed E-state index contributed by atoms with van der Waals surface area (Å²) in [5, 5.41) is 14.2. The molecule has 0 aromatic carbocycles. The van der Waals surface area contributed by atoms with Crippen LogP contribution in [0.1, 0.15) is 32.6 Å². The number of rotatable bonds is 6. The maximum Gasteiger partial charge on any atom is 0.311 e. The molecule has 17 heavy (non-hydrogen) atoms. The second kappa shape index (κ2) is 5.65. The third-order valence-electron chi connectivity index (χ3n) is 3.11. The maximum atomic E-state index is 11.4. The highest BCUT2D eigenvalue weighted by Crippen LogP contribution is 2.40. The summed E-state index contributed by atoms with van der Waals surface area (Å²) in [6, 6.07) is 0. The fourth-order valence-electron chi connectivity index (χ4n) is 1.78. The summed E-state index contributed by atoms with van der Waals surface area (Å²) in [5.74, 6) is -1.25. The summed E-state index contributed by atoms with van der Waals surface area (Å²) in [4.78, 5) is 33.0. The Bertz CT molecular complexity index is 323. The number of carbonyl (C=O) groups excluding carboxylic acids is 2. The van der Waals surface area contributed by atoms with Crippen LogP contribution in [-0.4, -0.2) is 36.0 Å². The molecule has 0 bridgehead atoms. The van der Waals surface area contributed by atoms with Crippen LogP contribution in [0.15, 0.2) is 0 Å². The number of carbonyl (C=O) groups is 3. The molecule has 0 saturated heterocycles. The van der Waals surface area contributed by atoms with Crippen molar-refractivity contribution in [2.75, 3.05) is 13.1 Å². The van der Waals surface area contributed by atoms with Gasteiger partial charge < -0.3 is 15.7 Å². The lowest BCUT2D eigenvalue weighted by molar-refractivity contribution is -0.154. The lowest BCUT2D eigenvalue weighted by atomic mass is 9.69. The van der Waals surface area contributed by atoms with Crippen molar-refractivity contribution in [3.63, 3.8) is 0 Å². The van der Waals surface area contributed by atoms with Gasteiger partial charge in [-0.15, -0.1) is 0 Å². The molecule has 1 aliphatic carbocycles. The normalized spacial score (nSPS) is 16.8. The zero-order valence-electron chi connectivity index (χ0n) is 9.91. The molecule has 6 heteroatoms. The molecule has 0 heterocycles. The topological polar surface area (TPSA) is 95.5 Å². The van der Waals surface area contributed by atoms with Crippen molar-refractivity contribution in [3.8, 4) is 0 Å². The molecule has 6 nitrogen and oxygen atoms in total. The molecule has 0 aromatic heterocycles. The van der Waals surface area contributed by atoms with Gasteiger partial charge in [0.25, 0.3) is 0 Å². The predicted octanol–water partition coefficient (Wildman–Crippen LogP) is -0.116. The first-order valence-corrected chi connectivity index (χ1v) is 5.71. The van der Waals surface area contributed by atoms with Crippen LogP contribution in [0.2, 0.25) is 0 Å². The molecular weight excluding hydrogens is 224 g/mol. The number of carboxylic acids is 1. The number of nitrogens with one attached hydrogen (secondary N) is 2. The summed E-state index contributed by atoms with van der Waals surface area (Å²) in [6.07, 6.45) is 2.31. The van der Waals surface area contributed by atoms with E-state index in [9.17, 15) is 14.4 Å². The average Bonchev–Trinajstić information content (AvgIpc) is 2.14. The minimum atomic E-state index is -0.842. The van der Waals surface area contributed by atoms with Gasteiger partial charge in [-0.2, -0.15) is 0 Å². The molecule has 1 rings (SSSR count). The molecule has 1 saturated carbocycles. The largest absolute Gasteiger partial charge is 0.481 e. The van der Waals surface area contributed by atoms with Crippen LogP contribution in [0.5, 0.6) is 0 Å². The van der Waals surface area contributed by atoms with Gasteiger partial charge in [0.15, 0.2) is 0 Å². The minimum Gasteiger partial charge on any atom is -0.481 e. The van der Waals surface area contributed by atoms with Crippen molar-refractivity contribution in [3.05, 3.63) is 0 Å². The summed E-state index contributed by atoms with van der Waals surface area (Å²) < 4.78 is 0. The van der Waals surface area contributed by atoms with Crippen LogP contribution < -0.4 is 10.6 Å². The number of carboxylic acid groups (broad SMARTS) is 1. The van der Waals surface area contributed by atoms with Gasteiger partial charge in [-0.3, -0.25) is 14.4 Å². The third-order valence-corrected chi connectivity index (χ3v) is 3.11. The maximum absolute atomic E-state index is 11.4. The van der Waals surface area contributed by atoms with E-state index in [4.69, 9.17) is 5.11 Å². The molecule has 96 valence electrons. The Morgan fingerprint density at radius 3 is 2.29 bits per heavy atom. The first-order valence-electron chi connectivity index (χ1n) is 5.71. The smallest absolute Gasteiger partial charge is 0.311 e. The SMILES string of the molecule is CC(=O)NCCC(=O)NCC1(C(=O)O)CCC1. The third kappa shape index (κ3) is 3.72. The standard InChI is InChI=1S/C11H18N2O4/c1-8(14)12-6-3-9(15)13-7-11(10(16)17)4-2-5-11/h2-7H2,1H3,(H,12,14)(H,13,15)(H,16,17). The Balaban J connectivity index is 2.23. The van der Waals surface area contributed by atoms with E-state index in [0.29, 0.717) is 12.8 Å². The fraction of sp³-hybridized carbons (Fsp3) is 0.727. The van der Waals surface area contributed by atoms with Gasteiger partial charge in [-0.05, 0) is 12.8 Å². The molecule has 3 N–H and O–H groups in total. The van der Waals surface area contributed by atoms with E-state index >= 15 is 0 Å². The fourth-order valence-corrected chi connectivity index (χ4v) is 1.78. The van der Waals surface area contributed by atoms with E-state index in [-0.39, 0.29) is 31.3 Å². The Labute approximate surface area is 99.8 Å². The zero-order chi connectivity index (χ0) is 12.9. The van der Waals surface area contributed by atoms with Gasteiger partial charge in [0, 0.05) is 26.4 Å². The average molecular weight is 242 g/mol. The van der Waals surface area contributed by atoms with Crippen molar-refractivity contribution in [2.45, 2.75) is 32.6 Å². The van der Waals surface area contributed by atoms with Crippen molar-refractivity contribution in [1.82, 2.24) is 10.6 Å². The van der Waals surface area contributed by atoms with Crippen molar-refractivity contribution < 1.29 is 19.5 Å². The Morgan fingerprint density at radius 2 is 1.88 bits per heavy atom. The molecular formula is C11H18N2O4. The first-order chi connectivity index (χ1) is 7.96. The monoisotopic (exact) mass is 242 g/mol. The van der Waals surface area contributed by atoms with Crippen LogP contribution in [0, 0.1) is 5.41 Å². The van der Waals surface area contributed by atoms with Crippen molar-refractivity contribution >= 4 is 17.8 Å². The number of hydrogen-bond donors (Lipinski definition) is 3.